The summed E-state index contributed by atoms with van der Waals surface area (Å²) >= 11 is 5.79. The second-order valence-electron chi connectivity index (χ2n) is 5.57. The number of nitrogens with two attached hydrogens (primary N) is 1. The summed E-state index contributed by atoms with van der Waals surface area (Å²) in [7, 11) is 0. The topological polar surface area (TPSA) is 108 Å². The summed E-state index contributed by atoms with van der Waals surface area (Å²) in [6.07, 6.45) is 0.737. The number of halogens is 1. The zero-order chi connectivity index (χ0) is 19.8. The zero-order valence-corrected chi connectivity index (χ0v) is 15.4. The molecule has 0 unspecified atom stereocenters. The normalized spacial score (nSPS) is 10.1. The molecule has 0 heterocycles. The van der Waals surface area contributed by atoms with Crippen LogP contribution in [0.25, 0.3) is 0 Å². The van der Waals surface area contributed by atoms with Gasteiger partial charge in [-0.25, -0.2) is 9.59 Å². The molecule has 0 aliphatic carbocycles. The first kappa shape index (κ1) is 20.3. The minimum absolute atomic E-state index is 0.194. The molecule has 0 aliphatic rings. The van der Waals surface area contributed by atoms with Gasteiger partial charge in [0, 0.05) is 5.69 Å². The van der Waals surface area contributed by atoms with Gasteiger partial charge in [0.2, 0.25) is 0 Å². The number of esters is 2. The minimum atomic E-state index is -0.692. The van der Waals surface area contributed by atoms with Gasteiger partial charge >= 0.3 is 11.9 Å². The first-order valence-electron chi connectivity index (χ1n) is 8.20. The number of carbonyl (C=O) groups is 3. The lowest BCUT2D eigenvalue weighted by Crippen LogP contribution is -2.21. The summed E-state index contributed by atoms with van der Waals surface area (Å²) in [6.45, 7) is 1.78. The largest absolute Gasteiger partial charge is 0.462 e. The maximum Gasteiger partial charge on any atom is 0.338 e. The molecule has 1 amide bonds. The highest BCUT2D eigenvalue weighted by molar-refractivity contribution is 6.33. The summed E-state index contributed by atoms with van der Waals surface area (Å²) in [4.78, 5) is 35.5. The molecule has 2 aromatic carbocycles. The van der Waals surface area contributed by atoms with Gasteiger partial charge in [-0.3, -0.25) is 4.79 Å². The monoisotopic (exact) mass is 390 g/mol. The third-order valence-electron chi connectivity index (χ3n) is 3.41. The number of rotatable bonds is 7. The van der Waals surface area contributed by atoms with E-state index in [2.05, 4.69) is 5.32 Å². The molecule has 0 radical (unpaired) electrons. The maximum atomic E-state index is 11.9. The Balaban J connectivity index is 1.85. The summed E-state index contributed by atoms with van der Waals surface area (Å²) in [6, 6.07) is 10.5. The molecular weight excluding hydrogens is 372 g/mol. The van der Waals surface area contributed by atoms with Crippen LogP contribution in [0.4, 0.5) is 11.4 Å². The van der Waals surface area contributed by atoms with Gasteiger partial charge in [0.05, 0.1) is 28.4 Å². The van der Waals surface area contributed by atoms with Gasteiger partial charge in [0.15, 0.2) is 6.61 Å². The molecule has 0 bridgehead atoms. The van der Waals surface area contributed by atoms with E-state index in [0.717, 1.165) is 6.42 Å². The number of hydrogen-bond acceptors (Lipinski definition) is 6. The van der Waals surface area contributed by atoms with Crippen molar-refractivity contribution in [2.75, 3.05) is 24.3 Å². The molecule has 0 saturated heterocycles. The third kappa shape index (κ3) is 6.00. The van der Waals surface area contributed by atoms with Gasteiger partial charge in [0.1, 0.15) is 0 Å². The Hall–Kier alpha value is -3.06. The highest BCUT2D eigenvalue weighted by atomic mass is 35.5. The predicted octanol–water partition coefficient (Wildman–Crippen LogP) is 3.28. The molecule has 3 N–H and O–H groups in total. The van der Waals surface area contributed by atoms with Crippen LogP contribution in [0, 0.1) is 0 Å². The molecule has 8 heteroatoms. The predicted molar refractivity (Wildman–Crippen MR) is 102 cm³/mol. The lowest BCUT2D eigenvalue weighted by Gasteiger charge is -2.08. The standard InChI is InChI=1S/C19H19ClN2O5/c1-2-9-26-18(24)12-3-6-14(7-4-12)22-17(23)11-27-19(25)13-5-8-15(20)16(21)10-13/h3-8,10H,2,9,11,21H2,1H3,(H,22,23). The van der Waals surface area contributed by atoms with E-state index in [1.165, 1.54) is 30.3 Å². The van der Waals surface area contributed by atoms with Crippen LogP contribution < -0.4 is 11.1 Å². The molecular formula is C19H19ClN2O5. The molecule has 0 atom stereocenters. The number of amides is 1. The average molecular weight is 391 g/mol. The lowest BCUT2D eigenvalue weighted by atomic mass is 10.2. The summed E-state index contributed by atoms with van der Waals surface area (Å²) in [5, 5.41) is 2.89. The van der Waals surface area contributed by atoms with Crippen molar-refractivity contribution >= 4 is 40.8 Å². The Bertz CT molecular complexity index is 836. The van der Waals surface area contributed by atoms with Crippen molar-refractivity contribution in [3.8, 4) is 0 Å². The molecule has 0 aromatic heterocycles. The molecule has 2 aromatic rings. The Morgan fingerprint density at radius 1 is 1.00 bits per heavy atom. The van der Waals surface area contributed by atoms with Gasteiger partial charge in [-0.2, -0.15) is 0 Å². The maximum absolute atomic E-state index is 11.9. The number of nitrogens with one attached hydrogen (secondary N) is 1. The number of anilines is 2. The fourth-order valence-corrected chi connectivity index (χ4v) is 2.17. The van der Waals surface area contributed by atoms with Gasteiger partial charge in [-0.1, -0.05) is 18.5 Å². The molecule has 0 fully saturated rings. The van der Waals surface area contributed by atoms with Crippen LogP contribution >= 0.6 is 11.6 Å². The third-order valence-corrected chi connectivity index (χ3v) is 3.75. The molecule has 0 spiro atoms. The smallest absolute Gasteiger partial charge is 0.338 e. The minimum Gasteiger partial charge on any atom is -0.462 e. The SMILES string of the molecule is CCCOC(=O)c1ccc(NC(=O)COC(=O)c2ccc(Cl)c(N)c2)cc1. The van der Waals surface area contributed by atoms with Crippen molar-refractivity contribution in [1.29, 1.82) is 0 Å². The van der Waals surface area contributed by atoms with Crippen LogP contribution in [0.5, 0.6) is 0 Å². The van der Waals surface area contributed by atoms with E-state index in [4.69, 9.17) is 26.8 Å². The van der Waals surface area contributed by atoms with E-state index in [0.29, 0.717) is 22.9 Å². The van der Waals surface area contributed by atoms with Gasteiger partial charge in [-0.05, 0) is 48.9 Å². The average Bonchev–Trinajstić information content (AvgIpc) is 2.67. The van der Waals surface area contributed by atoms with Gasteiger partial charge in [-0.15, -0.1) is 0 Å². The van der Waals surface area contributed by atoms with Gasteiger partial charge in [0.25, 0.3) is 5.91 Å². The van der Waals surface area contributed by atoms with Crippen LogP contribution in [0.3, 0.4) is 0 Å². The van der Waals surface area contributed by atoms with Crippen molar-refractivity contribution in [2.45, 2.75) is 13.3 Å². The highest BCUT2D eigenvalue weighted by Crippen LogP contribution is 2.20. The Morgan fingerprint density at radius 3 is 2.26 bits per heavy atom. The molecule has 0 aliphatic heterocycles. The van der Waals surface area contributed by atoms with Crippen LogP contribution in [0.15, 0.2) is 42.5 Å². The van der Waals surface area contributed by atoms with Crippen molar-refractivity contribution in [3.05, 3.63) is 58.6 Å². The molecule has 0 saturated carbocycles. The quantitative estimate of drug-likeness (QED) is 0.554. The Kier molecular flexibility index (Phi) is 7.19. The van der Waals surface area contributed by atoms with Crippen molar-refractivity contribution in [1.82, 2.24) is 0 Å². The summed E-state index contributed by atoms with van der Waals surface area (Å²) < 4.78 is 9.96. The Morgan fingerprint density at radius 2 is 1.63 bits per heavy atom. The number of hydrogen-bond donors (Lipinski definition) is 2. The van der Waals surface area contributed by atoms with Crippen molar-refractivity contribution in [2.24, 2.45) is 0 Å². The van der Waals surface area contributed by atoms with E-state index < -0.39 is 24.5 Å². The van der Waals surface area contributed by atoms with E-state index in [1.54, 1.807) is 12.1 Å². The number of ether oxygens (including phenoxy) is 2. The van der Waals surface area contributed by atoms with E-state index in [-0.39, 0.29) is 11.3 Å². The number of carbonyl (C=O) groups excluding carboxylic acids is 3. The fraction of sp³-hybridized carbons (Fsp3) is 0.211. The van der Waals surface area contributed by atoms with Crippen LogP contribution in [-0.2, 0) is 14.3 Å². The first-order valence-corrected chi connectivity index (χ1v) is 8.57. The van der Waals surface area contributed by atoms with Gasteiger partial charge < -0.3 is 20.5 Å². The summed E-state index contributed by atoms with van der Waals surface area (Å²) in [5.74, 6) is -1.64. The van der Waals surface area contributed by atoms with Crippen LogP contribution in [0.2, 0.25) is 5.02 Å². The number of benzene rings is 2. The molecule has 2 rings (SSSR count). The molecule has 27 heavy (non-hydrogen) atoms. The van der Waals surface area contributed by atoms with Crippen molar-refractivity contribution < 1.29 is 23.9 Å². The Labute approximate surface area is 161 Å². The van der Waals surface area contributed by atoms with Crippen molar-refractivity contribution in [3.63, 3.8) is 0 Å². The second-order valence-corrected chi connectivity index (χ2v) is 5.98. The second kappa shape index (κ2) is 9.59. The van der Waals surface area contributed by atoms with Crippen LogP contribution in [0.1, 0.15) is 34.1 Å². The first-order chi connectivity index (χ1) is 12.9. The lowest BCUT2D eigenvalue weighted by molar-refractivity contribution is -0.119. The van der Waals surface area contributed by atoms with E-state index in [9.17, 15) is 14.4 Å². The highest BCUT2D eigenvalue weighted by Gasteiger charge is 2.12. The molecule has 142 valence electrons. The van der Waals surface area contributed by atoms with E-state index in [1.807, 2.05) is 6.92 Å². The van der Waals surface area contributed by atoms with Crippen LogP contribution in [-0.4, -0.2) is 31.1 Å². The summed E-state index contributed by atoms with van der Waals surface area (Å²) in [5.41, 5.74) is 6.90. The number of nitrogen functional groups attached to an aromatic ring is 1. The van der Waals surface area contributed by atoms with E-state index >= 15 is 0 Å². The molecule has 7 nitrogen and oxygen atoms in total. The fourth-order valence-electron chi connectivity index (χ4n) is 2.05. The zero-order valence-electron chi connectivity index (χ0n) is 14.7.